The fourth-order valence-corrected chi connectivity index (χ4v) is 3.65. The van der Waals surface area contributed by atoms with Gasteiger partial charge in [0, 0.05) is 35.2 Å². The summed E-state index contributed by atoms with van der Waals surface area (Å²) in [5.74, 6) is -0.315. The number of benzene rings is 3. The second-order valence-corrected chi connectivity index (χ2v) is 7.32. The van der Waals surface area contributed by atoms with E-state index in [0.717, 1.165) is 33.3 Å². The van der Waals surface area contributed by atoms with Crippen LogP contribution in [0.4, 0.5) is 4.39 Å². The van der Waals surface area contributed by atoms with E-state index in [-0.39, 0.29) is 11.7 Å². The minimum Gasteiger partial charge on any atom is -0.348 e. The maximum Gasteiger partial charge on any atom is 0.251 e. The molecule has 0 fully saturated rings. The zero-order valence-electron chi connectivity index (χ0n) is 16.6. The van der Waals surface area contributed by atoms with Gasteiger partial charge in [0.25, 0.3) is 5.91 Å². The van der Waals surface area contributed by atoms with Crippen molar-refractivity contribution in [2.45, 2.75) is 26.9 Å². The molecule has 146 valence electrons. The summed E-state index contributed by atoms with van der Waals surface area (Å²) in [6.45, 7) is 5.32. The molecule has 3 nitrogen and oxygen atoms in total. The van der Waals surface area contributed by atoms with Crippen LogP contribution < -0.4 is 5.32 Å². The first-order valence-electron chi connectivity index (χ1n) is 9.69. The molecular formula is C25H23FN2O. The van der Waals surface area contributed by atoms with E-state index >= 15 is 0 Å². The average Bonchev–Trinajstić information content (AvgIpc) is 2.98. The Balaban J connectivity index is 1.60. The molecule has 1 N–H and O–H groups in total. The largest absolute Gasteiger partial charge is 0.348 e. The summed E-state index contributed by atoms with van der Waals surface area (Å²) in [5.41, 5.74) is 6.13. The van der Waals surface area contributed by atoms with Crippen LogP contribution in [-0.4, -0.2) is 10.5 Å². The van der Waals surface area contributed by atoms with Gasteiger partial charge in [-0.25, -0.2) is 4.39 Å². The number of rotatable bonds is 5. The Labute approximate surface area is 169 Å². The Morgan fingerprint density at radius 1 is 0.931 bits per heavy atom. The van der Waals surface area contributed by atoms with Crippen molar-refractivity contribution in [1.29, 1.82) is 0 Å². The normalized spacial score (nSPS) is 11.0. The summed E-state index contributed by atoms with van der Waals surface area (Å²) in [6.07, 6.45) is 0. The van der Waals surface area contributed by atoms with E-state index in [9.17, 15) is 9.18 Å². The third-order valence-electron chi connectivity index (χ3n) is 5.45. The van der Waals surface area contributed by atoms with Crippen LogP contribution in [0.25, 0.3) is 10.9 Å². The van der Waals surface area contributed by atoms with Gasteiger partial charge in [0.15, 0.2) is 0 Å². The summed E-state index contributed by atoms with van der Waals surface area (Å²) < 4.78 is 15.4. The first-order chi connectivity index (χ1) is 14.0. The number of nitrogens with one attached hydrogen (secondary N) is 1. The van der Waals surface area contributed by atoms with Crippen LogP contribution in [-0.2, 0) is 13.1 Å². The molecule has 4 rings (SSSR count). The first kappa shape index (κ1) is 18.9. The molecule has 0 aliphatic heterocycles. The number of fused-ring (bicyclic) bond motifs is 1. The Kier molecular flexibility index (Phi) is 5.17. The second kappa shape index (κ2) is 7.92. The molecule has 0 aliphatic rings. The van der Waals surface area contributed by atoms with Crippen molar-refractivity contribution in [3.63, 3.8) is 0 Å². The zero-order chi connectivity index (χ0) is 20.4. The van der Waals surface area contributed by atoms with Gasteiger partial charge in [-0.15, -0.1) is 0 Å². The third-order valence-corrected chi connectivity index (χ3v) is 5.45. The van der Waals surface area contributed by atoms with Crippen molar-refractivity contribution in [2.75, 3.05) is 0 Å². The van der Waals surface area contributed by atoms with Crippen molar-refractivity contribution in [3.8, 4) is 0 Å². The highest BCUT2D eigenvalue weighted by Gasteiger charge is 2.14. The number of nitrogens with zero attached hydrogens (tertiary/aromatic N) is 1. The summed E-state index contributed by atoms with van der Waals surface area (Å²) in [5, 5.41) is 4.05. The number of amides is 1. The lowest BCUT2D eigenvalue weighted by Gasteiger charge is -2.09. The summed E-state index contributed by atoms with van der Waals surface area (Å²) in [6, 6.07) is 22.3. The van der Waals surface area contributed by atoms with E-state index < -0.39 is 0 Å². The molecule has 0 saturated carbocycles. The van der Waals surface area contributed by atoms with Gasteiger partial charge in [0.1, 0.15) is 5.82 Å². The molecule has 0 spiro atoms. The molecule has 1 heterocycles. The lowest BCUT2D eigenvalue weighted by atomic mass is 10.1. The van der Waals surface area contributed by atoms with E-state index in [1.165, 1.54) is 12.1 Å². The molecular weight excluding hydrogens is 363 g/mol. The summed E-state index contributed by atoms with van der Waals surface area (Å²) in [7, 11) is 0. The van der Waals surface area contributed by atoms with Crippen LogP contribution in [0.5, 0.6) is 0 Å². The van der Waals surface area contributed by atoms with E-state index in [2.05, 4.69) is 23.7 Å². The van der Waals surface area contributed by atoms with Gasteiger partial charge >= 0.3 is 0 Å². The Bertz CT molecular complexity index is 1160. The first-order valence-corrected chi connectivity index (χ1v) is 9.69. The number of halogens is 1. The molecule has 0 saturated heterocycles. The molecule has 0 unspecified atom stereocenters. The highest BCUT2D eigenvalue weighted by Crippen LogP contribution is 2.27. The minimum atomic E-state index is -0.231. The SMILES string of the molecule is Cc1c(C)n(Cc2ccc(F)cc2)c2ccc(C(=O)NCc3ccccc3)cc12. The Morgan fingerprint density at radius 2 is 1.66 bits per heavy atom. The van der Waals surface area contributed by atoms with Crippen LogP contribution in [0.2, 0.25) is 0 Å². The van der Waals surface area contributed by atoms with Crippen molar-refractivity contribution in [2.24, 2.45) is 0 Å². The molecule has 3 aromatic carbocycles. The predicted octanol–water partition coefficient (Wildman–Crippen LogP) is 5.38. The van der Waals surface area contributed by atoms with Gasteiger partial charge < -0.3 is 9.88 Å². The number of aryl methyl sites for hydroxylation is 1. The lowest BCUT2D eigenvalue weighted by Crippen LogP contribution is -2.22. The molecule has 0 aliphatic carbocycles. The van der Waals surface area contributed by atoms with Crippen LogP contribution >= 0.6 is 0 Å². The fourth-order valence-electron chi connectivity index (χ4n) is 3.65. The molecule has 0 atom stereocenters. The van der Waals surface area contributed by atoms with Gasteiger partial charge in [-0.2, -0.15) is 0 Å². The van der Waals surface area contributed by atoms with Crippen molar-refractivity contribution in [3.05, 3.63) is 107 Å². The van der Waals surface area contributed by atoms with Crippen molar-refractivity contribution < 1.29 is 9.18 Å². The quantitative estimate of drug-likeness (QED) is 0.491. The number of carbonyl (C=O) groups excluding carboxylic acids is 1. The van der Waals surface area contributed by atoms with Crippen molar-refractivity contribution in [1.82, 2.24) is 9.88 Å². The van der Waals surface area contributed by atoms with E-state index in [1.54, 1.807) is 12.1 Å². The molecule has 0 radical (unpaired) electrons. The monoisotopic (exact) mass is 386 g/mol. The summed E-state index contributed by atoms with van der Waals surface area (Å²) in [4.78, 5) is 12.6. The highest BCUT2D eigenvalue weighted by atomic mass is 19.1. The number of hydrogen-bond acceptors (Lipinski definition) is 1. The molecule has 4 aromatic rings. The summed E-state index contributed by atoms with van der Waals surface area (Å²) >= 11 is 0. The molecule has 29 heavy (non-hydrogen) atoms. The minimum absolute atomic E-state index is 0.0842. The number of aromatic nitrogens is 1. The Morgan fingerprint density at radius 3 is 2.38 bits per heavy atom. The Hall–Kier alpha value is -3.40. The topological polar surface area (TPSA) is 34.0 Å². The predicted molar refractivity (Wildman–Crippen MR) is 115 cm³/mol. The smallest absolute Gasteiger partial charge is 0.251 e. The van der Waals surface area contributed by atoms with Gasteiger partial charge in [-0.1, -0.05) is 42.5 Å². The number of carbonyl (C=O) groups is 1. The molecule has 1 aromatic heterocycles. The maximum absolute atomic E-state index is 13.2. The van der Waals surface area contributed by atoms with E-state index in [1.807, 2.05) is 48.5 Å². The van der Waals surface area contributed by atoms with Gasteiger partial charge in [-0.05, 0) is 60.9 Å². The van der Waals surface area contributed by atoms with Gasteiger partial charge in [0.2, 0.25) is 0 Å². The van der Waals surface area contributed by atoms with Crippen LogP contribution in [0.1, 0.15) is 32.7 Å². The van der Waals surface area contributed by atoms with Crippen LogP contribution in [0.3, 0.4) is 0 Å². The molecule has 4 heteroatoms. The fraction of sp³-hybridized carbons (Fsp3) is 0.160. The van der Waals surface area contributed by atoms with E-state index in [4.69, 9.17) is 0 Å². The number of hydrogen-bond donors (Lipinski definition) is 1. The van der Waals surface area contributed by atoms with Crippen molar-refractivity contribution >= 4 is 16.8 Å². The standard InChI is InChI=1S/C25H23FN2O/c1-17-18(2)28(16-20-8-11-22(26)12-9-20)24-13-10-21(14-23(17)24)25(29)27-15-19-6-4-3-5-7-19/h3-14H,15-16H2,1-2H3,(H,27,29). The molecule has 0 bridgehead atoms. The molecule has 1 amide bonds. The zero-order valence-corrected chi connectivity index (χ0v) is 16.6. The highest BCUT2D eigenvalue weighted by molar-refractivity contribution is 5.99. The maximum atomic E-state index is 13.2. The van der Waals surface area contributed by atoms with Gasteiger partial charge in [0.05, 0.1) is 0 Å². The van der Waals surface area contributed by atoms with Crippen LogP contribution in [0, 0.1) is 19.7 Å². The second-order valence-electron chi connectivity index (χ2n) is 7.32. The lowest BCUT2D eigenvalue weighted by molar-refractivity contribution is 0.0951. The third kappa shape index (κ3) is 3.92. The average molecular weight is 386 g/mol. The van der Waals surface area contributed by atoms with Gasteiger partial charge in [-0.3, -0.25) is 4.79 Å². The van der Waals surface area contributed by atoms with Crippen LogP contribution in [0.15, 0.2) is 72.8 Å². The van der Waals surface area contributed by atoms with E-state index in [0.29, 0.717) is 18.7 Å².